The van der Waals surface area contributed by atoms with Gasteiger partial charge in [-0.05, 0) is 17.4 Å². The number of morpholine rings is 1. The van der Waals surface area contributed by atoms with E-state index >= 15 is 0 Å². The fraction of sp³-hybridized carbons (Fsp3) is 0.615. The summed E-state index contributed by atoms with van der Waals surface area (Å²) < 4.78 is 5.72. The highest BCUT2D eigenvalue weighted by Crippen LogP contribution is 2.26. The summed E-state index contributed by atoms with van der Waals surface area (Å²) in [5.41, 5.74) is 5.93. The first-order valence-corrected chi connectivity index (χ1v) is 7.17. The summed E-state index contributed by atoms with van der Waals surface area (Å²) in [7, 11) is 0. The number of thiophene rings is 1. The molecule has 2 atom stereocenters. The van der Waals surface area contributed by atoms with Crippen molar-refractivity contribution in [3.8, 4) is 0 Å². The lowest BCUT2D eigenvalue weighted by atomic mass is 10.0. The van der Waals surface area contributed by atoms with Gasteiger partial charge in [-0.25, -0.2) is 0 Å². The summed E-state index contributed by atoms with van der Waals surface area (Å²) in [5, 5.41) is 2.03. The Morgan fingerprint density at radius 2 is 2.39 bits per heavy atom. The lowest BCUT2D eigenvalue weighted by molar-refractivity contribution is -0.141. The number of carbonyl (C=O) groups is 1. The van der Waals surface area contributed by atoms with E-state index in [1.54, 1.807) is 11.3 Å². The third-order valence-corrected chi connectivity index (χ3v) is 4.21. The van der Waals surface area contributed by atoms with Crippen LogP contribution in [0.2, 0.25) is 0 Å². The molecule has 0 saturated carbocycles. The maximum absolute atomic E-state index is 12.2. The van der Waals surface area contributed by atoms with Crippen LogP contribution in [0, 0.1) is 5.92 Å². The first kappa shape index (κ1) is 13.5. The van der Waals surface area contributed by atoms with E-state index in [9.17, 15) is 4.79 Å². The number of carbonyl (C=O) groups excluding carboxylic acids is 1. The molecule has 1 aliphatic rings. The van der Waals surface area contributed by atoms with Crippen molar-refractivity contribution >= 4 is 17.2 Å². The summed E-state index contributed by atoms with van der Waals surface area (Å²) in [6.45, 7) is 5.78. The molecule has 1 fully saturated rings. The quantitative estimate of drug-likeness (QED) is 0.906. The highest BCUT2D eigenvalue weighted by atomic mass is 32.1. The molecule has 2 heterocycles. The molecular formula is C13H20N2O2S. The molecule has 0 spiro atoms. The van der Waals surface area contributed by atoms with Gasteiger partial charge in [-0.3, -0.25) is 4.79 Å². The molecule has 1 aliphatic heterocycles. The van der Waals surface area contributed by atoms with Crippen LogP contribution < -0.4 is 5.73 Å². The van der Waals surface area contributed by atoms with Gasteiger partial charge in [-0.15, -0.1) is 11.3 Å². The first-order valence-electron chi connectivity index (χ1n) is 6.29. The third kappa shape index (κ3) is 2.91. The van der Waals surface area contributed by atoms with Gasteiger partial charge in [0, 0.05) is 11.4 Å². The van der Waals surface area contributed by atoms with Gasteiger partial charge in [0.25, 0.3) is 0 Å². The lowest BCUT2D eigenvalue weighted by Gasteiger charge is -2.34. The Kier molecular flexibility index (Phi) is 4.37. The van der Waals surface area contributed by atoms with E-state index in [1.165, 1.54) is 4.88 Å². The second-order valence-corrected chi connectivity index (χ2v) is 5.91. The second kappa shape index (κ2) is 5.82. The fourth-order valence-electron chi connectivity index (χ4n) is 1.99. The summed E-state index contributed by atoms with van der Waals surface area (Å²) in [6, 6.07) is 3.64. The van der Waals surface area contributed by atoms with Crippen LogP contribution in [0.3, 0.4) is 0 Å². The number of rotatable bonds is 3. The minimum Gasteiger partial charge on any atom is -0.369 e. The van der Waals surface area contributed by atoms with Gasteiger partial charge < -0.3 is 15.4 Å². The maximum Gasteiger partial charge on any atom is 0.239 e. The predicted molar refractivity (Wildman–Crippen MR) is 72.4 cm³/mol. The van der Waals surface area contributed by atoms with Gasteiger partial charge in [-0.1, -0.05) is 19.9 Å². The van der Waals surface area contributed by atoms with Crippen molar-refractivity contribution in [3.05, 3.63) is 22.4 Å². The molecule has 0 aromatic carbocycles. The van der Waals surface area contributed by atoms with E-state index in [0.717, 1.165) is 0 Å². The molecular weight excluding hydrogens is 248 g/mol. The van der Waals surface area contributed by atoms with E-state index in [2.05, 4.69) is 0 Å². The predicted octanol–water partition coefficient (Wildman–Crippen LogP) is 1.63. The van der Waals surface area contributed by atoms with Crippen LogP contribution in [0.4, 0.5) is 0 Å². The average Bonchev–Trinajstić information content (AvgIpc) is 2.91. The van der Waals surface area contributed by atoms with Crippen LogP contribution in [0.1, 0.15) is 24.8 Å². The molecule has 1 aromatic rings. The summed E-state index contributed by atoms with van der Waals surface area (Å²) in [4.78, 5) is 15.2. The Labute approximate surface area is 112 Å². The van der Waals surface area contributed by atoms with Crippen molar-refractivity contribution in [2.24, 2.45) is 11.7 Å². The van der Waals surface area contributed by atoms with Crippen LogP contribution in [0.25, 0.3) is 0 Å². The largest absolute Gasteiger partial charge is 0.369 e. The molecule has 100 valence electrons. The SMILES string of the molecule is CC(C)[C@H](N)C(=O)N1CCOC(c2cccs2)C1. The zero-order chi connectivity index (χ0) is 13.1. The number of amides is 1. The number of hydrogen-bond acceptors (Lipinski definition) is 4. The molecule has 1 unspecified atom stereocenters. The summed E-state index contributed by atoms with van der Waals surface area (Å²) in [5.74, 6) is 0.204. The van der Waals surface area contributed by atoms with Crippen molar-refractivity contribution in [2.45, 2.75) is 26.0 Å². The highest BCUT2D eigenvalue weighted by Gasteiger charge is 2.29. The topological polar surface area (TPSA) is 55.6 Å². The second-order valence-electron chi connectivity index (χ2n) is 4.93. The Bertz CT molecular complexity index is 392. The van der Waals surface area contributed by atoms with Gasteiger partial charge in [-0.2, -0.15) is 0 Å². The van der Waals surface area contributed by atoms with Crippen molar-refractivity contribution in [2.75, 3.05) is 19.7 Å². The van der Waals surface area contributed by atoms with Gasteiger partial charge in [0.2, 0.25) is 5.91 Å². The summed E-state index contributed by atoms with van der Waals surface area (Å²) in [6.07, 6.45) is 0.00191. The average molecular weight is 268 g/mol. The van der Waals surface area contributed by atoms with E-state index in [4.69, 9.17) is 10.5 Å². The Morgan fingerprint density at radius 3 is 3.00 bits per heavy atom. The minimum absolute atomic E-state index is 0.00191. The first-order chi connectivity index (χ1) is 8.59. The minimum atomic E-state index is -0.410. The van der Waals surface area contributed by atoms with Gasteiger partial charge >= 0.3 is 0 Å². The van der Waals surface area contributed by atoms with Crippen molar-refractivity contribution in [1.29, 1.82) is 0 Å². The molecule has 1 saturated heterocycles. The normalized spacial score (nSPS) is 22.2. The highest BCUT2D eigenvalue weighted by molar-refractivity contribution is 7.10. The molecule has 18 heavy (non-hydrogen) atoms. The Balaban J connectivity index is 2.01. The molecule has 2 rings (SSSR count). The lowest BCUT2D eigenvalue weighted by Crippen LogP contribution is -2.51. The molecule has 1 amide bonds. The maximum atomic E-state index is 12.2. The molecule has 0 aliphatic carbocycles. The van der Waals surface area contributed by atoms with E-state index in [1.807, 2.05) is 36.3 Å². The van der Waals surface area contributed by atoms with Crippen molar-refractivity contribution in [1.82, 2.24) is 4.90 Å². The standard InChI is InChI=1S/C13H20N2O2S/c1-9(2)12(14)13(16)15-5-6-17-10(8-15)11-4-3-7-18-11/h3-4,7,9-10,12H,5-6,8,14H2,1-2H3/t10?,12-/m0/s1. The molecule has 5 heteroatoms. The smallest absolute Gasteiger partial charge is 0.239 e. The number of nitrogens with zero attached hydrogens (tertiary/aromatic N) is 1. The van der Waals surface area contributed by atoms with Crippen LogP contribution in [-0.2, 0) is 9.53 Å². The van der Waals surface area contributed by atoms with Crippen molar-refractivity contribution in [3.63, 3.8) is 0 Å². The molecule has 0 radical (unpaired) electrons. The van der Waals surface area contributed by atoms with E-state index < -0.39 is 6.04 Å². The molecule has 4 nitrogen and oxygen atoms in total. The molecule has 0 bridgehead atoms. The fourth-order valence-corrected chi connectivity index (χ4v) is 2.76. The third-order valence-electron chi connectivity index (χ3n) is 3.24. The van der Waals surface area contributed by atoms with Gasteiger partial charge in [0.05, 0.1) is 19.2 Å². The number of nitrogens with two attached hydrogens (primary N) is 1. The molecule has 1 aromatic heterocycles. The van der Waals surface area contributed by atoms with E-state index in [-0.39, 0.29) is 17.9 Å². The van der Waals surface area contributed by atoms with Gasteiger partial charge in [0.1, 0.15) is 6.10 Å². The Morgan fingerprint density at radius 1 is 1.61 bits per heavy atom. The van der Waals surface area contributed by atoms with E-state index in [0.29, 0.717) is 19.7 Å². The number of ether oxygens (including phenoxy) is 1. The van der Waals surface area contributed by atoms with Crippen molar-refractivity contribution < 1.29 is 9.53 Å². The zero-order valence-corrected chi connectivity index (χ0v) is 11.7. The summed E-state index contributed by atoms with van der Waals surface area (Å²) >= 11 is 1.66. The zero-order valence-electron chi connectivity index (χ0n) is 10.8. The van der Waals surface area contributed by atoms with Crippen LogP contribution in [0.5, 0.6) is 0 Å². The Hall–Kier alpha value is -0.910. The van der Waals surface area contributed by atoms with Crippen LogP contribution >= 0.6 is 11.3 Å². The van der Waals surface area contributed by atoms with Crippen LogP contribution in [0.15, 0.2) is 17.5 Å². The number of hydrogen-bond donors (Lipinski definition) is 1. The van der Waals surface area contributed by atoms with Crippen LogP contribution in [-0.4, -0.2) is 36.5 Å². The van der Waals surface area contributed by atoms with Gasteiger partial charge in [0.15, 0.2) is 0 Å². The monoisotopic (exact) mass is 268 g/mol. The molecule has 2 N–H and O–H groups in total.